The van der Waals surface area contributed by atoms with E-state index in [2.05, 4.69) is 6.92 Å². The molecular weight excluding hydrogens is 344 g/mol. The van der Waals surface area contributed by atoms with Gasteiger partial charge in [0, 0.05) is 18.3 Å². The van der Waals surface area contributed by atoms with E-state index in [0.29, 0.717) is 43.3 Å². The van der Waals surface area contributed by atoms with Crippen molar-refractivity contribution in [2.24, 2.45) is 34.5 Å². The van der Waals surface area contributed by atoms with Gasteiger partial charge in [0.05, 0.1) is 18.3 Å². The molecule has 4 saturated carbocycles. The largest absolute Gasteiger partial charge is 0.394 e. The van der Waals surface area contributed by atoms with Crippen LogP contribution in [0.1, 0.15) is 71.6 Å². The van der Waals surface area contributed by atoms with Gasteiger partial charge in [-0.3, -0.25) is 4.79 Å². The maximum absolute atomic E-state index is 12.0. The lowest BCUT2D eigenvalue weighted by molar-refractivity contribution is -0.263. The molecule has 9 atom stereocenters. The SMILES string of the molecule is C[C@]12CCC(=O)C[C@H]1CC[C@@H]1[C@@H]2[C@@H](O)C[C@@]2(C)[C@H]1CCC[C@]2(O)[C@H](O)CO. The van der Waals surface area contributed by atoms with Gasteiger partial charge >= 0.3 is 0 Å². The highest BCUT2D eigenvalue weighted by molar-refractivity contribution is 5.79. The van der Waals surface area contributed by atoms with Gasteiger partial charge in [-0.2, -0.15) is 0 Å². The summed E-state index contributed by atoms with van der Waals surface area (Å²) in [5.41, 5.74) is -1.96. The van der Waals surface area contributed by atoms with E-state index in [1.165, 1.54) is 0 Å². The average Bonchev–Trinajstić information content (AvgIpc) is 2.62. The molecule has 27 heavy (non-hydrogen) atoms. The molecule has 154 valence electrons. The molecule has 0 amide bonds. The van der Waals surface area contributed by atoms with Crippen LogP contribution in [-0.2, 0) is 4.79 Å². The van der Waals surface area contributed by atoms with Crippen LogP contribution in [0.5, 0.6) is 0 Å². The second-order valence-corrected chi connectivity index (χ2v) is 10.5. The Morgan fingerprint density at radius 3 is 2.63 bits per heavy atom. The number of carbonyl (C=O) groups excluding carboxylic acids is 1. The first-order valence-corrected chi connectivity index (χ1v) is 10.9. The van der Waals surface area contributed by atoms with Gasteiger partial charge < -0.3 is 20.4 Å². The summed E-state index contributed by atoms with van der Waals surface area (Å²) in [5, 5.41) is 42.8. The van der Waals surface area contributed by atoms with Crippen LogP contribution in [-0.4, -0.2) is 50.6 Å². The maximum Gasteiger partial charge on any atom is 0.133 e. The zero-order valence-electron chi connectivity index (χ0n) is 16.7. The van der Waals surface area contributed by atoms with E-state index in [4.69, 9.17) is 0 Å². The molecule has 4 rings (SSSR count). The summed E-state index contributed by atoms with van der Waals surface area (Å²) in [4.78, 5) is 12.0. The van der Waals surface area contributed by atoms with Crippen molar-refractivity contribution in [2.45, 2.75) is 89.4 Å². The second kappa shape index (κ2) is 6.51. The Bertz CT molecular complexity index is 608. The topological polar surface area (TPSA) is 98.0 Å². The van der Waals surface area contributed by atoms with Crippen LogP contribution in [0, 0.1) is 34.5 Å². The van der Waals surface area contributed by atoms with E-state index in [1.54, 1.807) is 0 Å². The standard InChI is InChI=1S/C22H36O5/c1-20-9-7-14(24)10-13(20)5-6-15-16-4-3-8-22(27,18(26)12-23)21(16,2)11-17(25)19(15)20/h13,15-19,23,25-27H,3-12H2,1-2H3/t13-,15+,16+,17+,18-,19-,20+,21+,22+/m1/s1. The lowest BCUT2D eigenvalue weighted by Crippen LogP contribution is -2.68. The maximum atomic E-state index is 12.0. The minimum Gasteiger partial charge on any atom is -0.394 e. The zero-order valence-corrected chi connectivity index (χ0v) is 16.7. The third kappa shape index (κ3) is 2.61. The van der Waals surface area contributed by atoms with E-state index < -0.39 is 29.8 Å². The first-order valence-electron chi connectivity index (χ1n) is 10.9. The summed E-state index contributed by atoms with van der Waals surface area (Å²) in [5.74, 6) is 1.44. The number of hydrogen-bond acceptors (Lipinski definition) is 5. The number of aliphatic hydroxyl groups excluding tert-OH is 3. The minimum absolute atomic E-state index is 0.0112. The molecule has 4 aliphatic carbocycles. The van der Waals surface area contributed by atoms with Gasteiger partial charge in [-0.25, -0.2) is 0 Å². The van der Waals surface area contributed by atoms with Gasteiger partial charge in [-0.1, -0.05) is 20.3 Å². The molecule has 0 aromatic rings. The third-order valence-corrected chi connectivity index (χ3v) is 9.59. The van der Waals surface area contributed by atoms with Crippen LogP contribution in [0.15, 0.2) is 0 Å². The van der Waals surface area contributed by atoms with Crippen LogP contribution in [0.2, 0.25) is 0 Å². The predicted molar refractivity (Wildman–Crippen MR) is 101 cm³/mol. The Hall–Kier alpha value is -0.490. The van der Waals surface area contributed by atoms with Crippen molar-refractivity contribution in [1.82, 2.24) is 0 Å². The Morgan fingerprint density at radius 1 is 1.19 bits per heavy atom. The van der Waals surface area contributed by atoms with Crippen LogP contribution in [0.3, 0.4) is 0 Å². The van der Waals surface area contributed by atoms with Gasteiger partial charge in [-0.15, -0.1) is 0 Å². The zero-order chi connectivity index (χ0) is 19.6. The molecule has 5 heteroatoms. The fourth-order valence-corrected chi connectivity index (χ4v) is 8.12. The number of fused-ring (bicyclic) bond motifs is 5. The summed E-state index contributed by atoms with van der Waals surface area (Å²) in [6.07, 6.45) is 5.21. The van der Waals surface area contributed by atoms with Crippen molar-refractivity contribution in [2.75, 3.05) is 6.61 Å². The summed E-state index contributed by atoms with van der Waals surface area (Å²) >= 11 is 0. The number of aliphatic hydroxyl groups is 4. The quantitative estimate of drug-likeness (QED) is 0.588. The van der Waals surface area contributed by atoms with Crippen molar-refractivity contribution in [3.8, 4) is 0 Å². The molecular formula is C22H36O5. The van der Waals surface area contributed by atoms with Crippen LogP contribution in [0.25, 0.3) is 0 Å². The van der Waals surface area contributed by atoms with Crippen molar-refractivity contribution in [3.05, 3.63) is 0 Å². The molecule has 0 unspecified atom stereocenters. The molecule has 4 aliphatic rings. The van der Waals surface area contributed by atoms with Crippen LogP contribution >= 0.6 is 0 Å². The van der Waals surface area contributed by atoms with Gasteiger partial charge in [0.2, 0.25) is 0 Å². The number of carbonyl (C=O) groups is 1. The lowest BCUT2D eigenvalue weighted by atomic mass is 9.40. The predicted octanol–water partition coefficient (Wildman–Crippen LogP) is 2.04. The molecule has 5 nitrogen and oxygen atoms in total. The average molecular weight is 381 g/mol. The van der Waals surface area contributed by atoms with E-state index in [-0.39, 0.29) is 17.3 Å². The number of rotatable bonds is 2. The molecule has 4 fully saturated rings. The lowest BCUT2D eigenvalue weighted by Gasteiger charge is -2.66. The third-order valence-electron chi connectivity index (χ3n) is 9.59. The van der Waals surface area contributed by atoms with Crippen LogP contribution < -0.4 is 0 Å². The Balaban J connectivity index is 1.71. The fourth-order valence-electron chi connectivity index (χ4n) is 8.12. The van der Waals surface area contributed by atoms with Crippen molar-refractivity contribution >= 4 is 5.78 Å². The number of hydrogen-bond donors (Lipinski definition) is 4. The summed E-state index contributed by atoms with van der Waals surface area (Å²) in [7, 11) is 0. The number of Topliss-reactive ketones (excluding diaryl/α,β-unsaturated/α-hetero) is 1. The van der Waals surface area contributed by atoms with E-state index in [0.717, 1.165) is 32.1 Å². The summed E-state index contributed by atoms with van der Waals surface area (Å²) in [6, 6.07) is 0. The molecule has 0 aromatic heterocycles. The smallest absolute Gasteiger partial charge is 0.133 e. The van der Waals surface area contributed by atoms with Gasteiger partial charge in [-0.05, 0) is 67.6 Å². The van der Waals surface area contributed by atoms with E-state index in [1.807, 2.05) is 6.92 Å². The molecule has 4 N–H and O–H groups in total. The Morgan fingerprint density at radius 2 is 1.93 bits per heavy atom. The summed E-state index contributed by atoms with van der Waals surface area (Å²) < 4.78 is 0. The fraction of sp³-hybridized carbons (Fsp3) is 0.955. The van der Waals surface area contributed by atoms with Gasteiger partial charge in [0.1, 0.15) is 11.9 Å². The monoisotopic (exact) mass is 380 g/mol. The highest BCUT2D eigenvalue weighted by Gasteiger charge is 2.66. The van der Waals surface area contributed by atoms with Gasteiger partial charge in [0.15, 0.2) is 0 Å². The van der Waals surface area contributed by atoms with Crippen LogP contribution in [0.4, 0.5) is 0 Å². The van der Waals surface area contributed by atoms with Gasteiger partial charge in [0.25, 0.3) is 0 Å². The normalized spacial score (nSPS) is 53.9. The molecule has 0 aliphatic heterocycles. The van der Waals surface area contributed by atoms with Crippen molar-refractivity contribution in [1.29, 1.82) is 0 Å². The first kappa shape index (κ1) is 19.8. The Labute approximate surface area is 162 Å². The van der Waals surface area contributed by atoms with Crippen molar-refractivity contribution in [3.63, 3.8) is 0 Å². The molecule has 0 heterocycles. The molecule has 0 spiro atoms. The molecule has 0 saturated heterocycles. The first-order chi connectivity index (χ1) is 12.7. The van der Waals surface area contributed by atoms with E-state index >= 15 is 0 Å². The minimum atomic E-state index is -1.35. The second-order valence-electron chi connectivity index (χ2n) is 10.5. The molecule has 0 aromatic carbocycles. The molecule has 0 bridgehead atoms. The molecule has 0 radical (unpaired) electrons. The van der Waals surface area contributed by atoms with E-state index in [9.17, 15) is 25.2 Å². The highest BCUT2D eigenvalue weighted by atomic mass is 16.4. The number of ketones is 1. The van der Waals surface area contributed by atoms with Crippen molar-refractivity contribution < 1.29 is 25.2 Å². The Kier molecular flexibility index (Phi) is 4.78. The highest BCUT2D eigenvalue weighted by Crippen LogP contribution is 2.67. The summed E-state index contributed by atoms with van der Waals surface area (Å²) in [6.45, 7) is 3.85.